The molecule has 0 aromatic heterocycles. The number of carbonyl (C=O) groups excluding carboxylic acids is 2. The number of nitrogens with zero attached hydrogens (tertiary/aromatic N) is 2. The first-order valence-electron chi connectivity index (χ1n) is 12.8. The summed E-state index contributed by atoms with van der Waals surface area (Å²) >= 11 is 0. The van der Waals surface area contributed by atoms with Crippen molar-refractivity contribution >= 4 is 28.9 Å². The van der Waals surface area contributed by atoms with Gasteiger partial charge in [0.25, 0.3) is 5.91 Å². The Morgan fingerprint density at radius 3 is 3.00 bits per heavy atom. The van der Waals surface area contributed by atoms with Crippen molar-refractivity contribution in [1.29, 1.82) is 0 Å². The van der Waals surface area contributed by atoms with Gasteiger partial charge in [0.15, 0.2) is 0 Å². The molecule has 2 amide bonds. The lowest BCUT2D eigenvalue weighted by Crippen LogP contribution is -2.38. The molecule has 4 rings (SSSR count). The number of ether oxygens (including phenoxy) is 1. The molecular weight excluding hydrogens is 470 g/mol. The number of rotatable bonds is 10. The second kappa shape index (κ2) is 11.9. The highest BCUT2D eigenvalue weighted by Gasteiger charge is 2.25. The van der Waals surface area contributed by atoms with Crippen molar-refractivity contribution in [3.05, 3.63) is 59.4 Å². The number of hydrogen-bond acceptors (Lipinski definition) is 8. The van der Waals surface area contributed by atoms with Gasteiger partial charge in [-0.15, -0.1) is 0 Å². The van der Waals surface area contributed by atoms with Crippen LogP contribution in [0.3, 0.4) is 0 Å². The number of hydrogen-bond donors (Lipinski definition) is 5. The molecule has 0 saturated carbocycles. The van der Waals surface area contributed by atoms with E-state index in [9.17, 15) is 9.59 Å². The predicted molar refractivity (Wildman–Crippen MR) is 153 cm³/mol. The van der Waals surface area contributed by atoms with Crippen molar-refractivity contribution in [2.45, 2.75) is 39.2 Å². The number of benzene rings is 2. The van der Waals surface area contributed by atoms with Crippen LogP contribution in [0.5, 0.6) is 5.75 Å². The molecule has 1 unspecified atom stereocenters. The molecule has 204 valence electrons. The lowest BCUT2D eigenvalue weighted by atomic mass is 10.0. The fourth-order valence-corrected chi connectivity index (χ4v) is 4.55. The monoisotopic (exact) mass is 513 g/mol. The first-order valence-corrected chi connectivity index (χ1v) is 12.8. The molecule has 10 nitrogen and oxygen atoms in total. The van der Waals surface area contributed by atoms with Crippen LogP contribution in [0.1, 0.15) is 46.9 Å². The highest BCUT2D eigenvalue weighted by molar-refractivity contribution is 6.09. The maximum atomic E-state index is 12.9. The maximum Gasteiger partial charge on any atom is 0.253 e. The largest absolute Gasteiger partial charge is 0.487 e. The van der Waals surface area contributed by atoms with Gasteiger partial charge in [-0.25, -0.2) is 5.84 Å². The highest BCUT2D eigenvalue weighted by Crippen LogP contribution is 2.32. The summed E-state index contributed by atoms with van der Waals surface area (Å²) in [5, 5.41) is 10.5. The number of hydrazine groups is 1. The summed E-state index contributed by atoms with van der Waals surface area (Å²) in [6.07, 6.45) is 4.59. The summed E-state index contributed by atoms with van der Waals surface area (Å²) in [5.74, 6) is 6.26. The second-order valence-corrected chi connectivity index (χ2v) is 9.40. The summed E-state index contributed by atoms with van der Waals surface area (Å²) < 4.78 is 5.90. The van der Waals surface area contributed by atoms with E-state index < -0.39 is 6.04 Å². The van der Waals surface area contributed by atoms with Crippen molar-refractivity contribution in [2.24, 2.45) is 11.6 Å². The summed E-state index contributed by atoms with van der Waals surface area (Å²) in [4.78, 5) is 27.2. The molecule has 37 heavy (non-hydrogen) atoms. The van der Waals surface area contributed by atoms with Gasteiger partial charge >= 0.3 is 0 Å². The molecule has 0 spiro atoms. The van der Waals surface area contributed by atoms with Crippen LogP contribution in [-0.4, -0.2) is 55.7 Å². The van der Waals surface area contributed by atoms with Gasteiger partial charge in [0.2, 0.25) is 5.91 Å². The Morgan fingerprint density at radius 2 is 2.19 bits per heavy atom. The van der Waals surface area contributed by atoms with Crippen molar-refractivity contribution < 1.29 is 18.6 Å². The number of amides is 2. The smallest absolute Gasteiger partial charge is 0.253 e. The molecule has 0 radical (unpaired) electrons. The van der Waals surface area contributed by atoms with E-state index in [1.165, 1.54) is 10.6 Å². The Kier molecular flexibility index (Phi) is 8.39. The van der Waals surface area contributed by atoms with Gasteiger partial charge in [0, 0.05) is 48.4 Å². The van der Waals surface area contributed by atoms with Gasteiger partial charge in [-0.3, -0.25) is 9.59 Å². The van der Waals surface area contributed by atoms with E-state index in [1.807, 2.05) is 13.0 Å². The fraction of sp³-hybridized carbons (Fsp3) is 0.407. The highest BCUT2D eigenvalue weighted by atomic mass is 16.5. The molecule has 0 aliphatic carbocycles. The van der Waals surface area contributed by atoms with E-state index in [2.05, 4.69) is 33.0 Å². The first kappa shape index (κ1) is 26.2. The molecule has 2 aromatic carbocycles. The van der Waals surface area contributed by atoms with Crippen LogP contribution in [0.25, 0.3) is 0 Å². The Hall–Kier alpha value is -3.92. The van der Waals surface area contributed by atoms with Gasteiger partial charge in [0.05, 0.1) is 22.6 Å². The Labute approximate surface area is 222 Å². The standard InChI is InChI=1S/C27H37N7O3.3H2/c1-3-34(29)16-20(28)17-37-21-11-10-19-7-5-13-33(24(19)15-21)14-6-12-30-27(36)22-8-4-9-23-25(22)31-18(2)26(35)32-23;;;/h4,8-11,15-16,18,31H,3,5-7,12-14,17,28-29H2,1-2H3,(H,30,36)(H,32,35);3*1H/b20-16-;;;. The molecular formula is C27H43N7O3. The minimum Gasteiger partial charge on any atom is -0.487 e. The molecule has 0 saturated heterocycles. The van der Waals surface area contributed by atoms with E-state index >= 15 is 0 Å². The van der Waals surface area contributed by atoms with E-state index in [1.54, 1.807) is 31.3 Å². The van der Waals surface area contributed by atoms with Crippen LogP contribution in [0.2, 0.25) is 0 Å². The number of para-hydroxylation sites is 1. The molecule has 10 heteroatoms. The molecule has 2 heterocycles. The van der Waals surface area contributed by atoms with Gasteiger partial charge in [-0.2, -0.15) is 0 Å². The lowest BCUT2D eigenvalue weighted by molar-refractivity contribution is -0.116. The predicted octanol–water partition coefficient (Wildman–Crippen LogP) is 3.12. The first-order chi connectivity index (χ1) is 17.9. The van der Waals surface area contributed by atoms with Crippen LogP contribution in [-0.2, 0) is 11.2 Å². The third-order valence-electron chi connectivity index (χ3n) is 6.59. The van der Waals surface area contributed by atoms with Crippen LogP contribution in [0.4, 0.5) is 17.1 Å². The quantitative estimate of drug-likeness (QED) is 0.186. The number of fused-ring (bicyclic) bond motifs is 2. The summed E-state index contributed by atoms with van der Waals surface area (Å²) in [6, 6.07) is 11.1. The van der Waals surface area contributed by atoms with Crippen molar-refractivity contribution in [3.63, 3.8) is 0 Å². The maximum absolute atomic E-state index is 12.9. The topological polar surface area (TPSA) is 138 Å². The van der Waals surface area contributed by atoms with E-state index in [0.29, 0.717) is 35.7 Å². The lowest BCUT2D eigenvalue weighted by Gasteiger charge is -2.32. The van der Waals surface area contributed by atoms with Crippen LogP contribution < -0.4 is 37.2 Å². The zero-order chi connectivity index (χ0) is 26.4. The van der Waals surface area contributed by atoms with Gasteiger partial charge < -0.3 is 36.3 Å². The molecule has 2 aromatic rings. The summed E-state index contributed by atoms with van der Waals surface area (Å²) in [6.45, 7) is 6.96. The number of nitrogens with one attached hydrogen (secondary N) is 3. The van der Waals surface area contributed by atoms with Crippen LogP contribution in [0.15, 0.2) is 48.3 Å². The Bertz CT molecular complexity index is 1180. The molecule has 2 aliphatic heterocycles. The average molecular weight is 514 g/mol. The molecule has 1 atom stereocenters. The van der Waals surface area contributed by atoms with Crippen LogP contribution in [0, 0.1) is 0 Å². The molecule has 7 N–H and O–H groups in total. The molecule has 0 fully saturated rings. The second-order valence-electron chi connectivity index (χ2n) is 9.40. The molecule has 0 bridgehead atoms. The zero-order valence-electron chi connectivity index (χ0n) is 21.5. The minimum atomic E-state index is -0.395. The van der Waals surface area contributed by atoms with E-state index in [-0.39, 0.29) is 22.7 Å². The zero-order valence-corrected chi connectivity index (χ0v) is 21.5. The van der Waals surface area contributed by atoms with E-state index in [4.69, 9.17) is 16.3 Å². The fourth-order valence-electron chi connectivity index (χ4n) is 4.55. The summed E-state index contributed by atoms with van der Waals surface area (Å²) in [7, 11) is 0. The average Bonchev–Trinajstić information content (AvgIpc) is 2.90. The third kappa shape index (κ3) is 6.45. The molecule has 2 aliphatic rings. The number of nitrogens with two attached hydrogens (primary N) is 2. The van der Waals surface area contributed by atoms with E-state index in [0.717, 1.165) is 43.8 Å². The number of anilines is 3. The SMILES string of the molecule is CCN(N)/C=C(\N)COc1ccc2c(c1)N(CCCNC(=O)c1cccc3c1NC(C)C(=O)N3)CCC2.[HH].[HH].[HH]. The van der Waals surface area contributed by atoms with Crippen molar-refractivity contribution in [1.82, 2.24) is 10.3 Å². The number of carbonyl (C=O) groups is 2. The Balaban J connectivity index is 0.00000267. The van der Waals surface area contributed by atoms with Gasteiger partial charge in [-0.1, -0.05) is 12.1 Å². The van der Waals surface area contributed by atoms with Crippen LogP contribution >= 0.6 is 0 Å². The number of aryl methyl sites for hydroxylation is 1. The Morgan fingerprint density at radius 1 is 1.35 bits per heavy atom. The van der Waals surface area contributed by atoms with Crippen molar-refractivity contribution in [2.75, 3.05) is 48.3 Å². The summed E-state index contributed by atoms with van der Waals surface area (Å²) in [5.41, 5.74) is 10.8. The normalized spacial score (nSPS) is 16.7. The van der Waals surface area contributed by atoms with Gasteiger partial charge in [-0.05, 0) is 56.9 Å². The minimum absolute atomic E-state index is 0. The third-order valence-corrected chi connectivity index (χ3v) is 6.59. The van der Waals surface area contributed by atoms with Gasteiger partial charge in [0.1, 0.15) is 18.4 Å². The van der Waals surface area contributed by atoms with Crippen molar-refractivity contribution in [3.8, 4) is 5.75 Å².